The molecule has 0 aliphatic carbocycles. The molecule has 0 aliphatic rings. The monoisotopic (exact) mass is 230 g/mol. The van der Waals surface area contributed by atoms with Crippen molar-refractivity contribution >= 4 is 7.60 Å². The molecule has 3 nitrogen and oxygen atoms in total. The van der Waals surface area contributed by atoms with Crippen molar-refractivity contribution in [1.29, 1.82) is 0 Å². The Labute approximate surface area is 91.3 Å². The normalized spacial score (nSPS) is 10.7. The minimum absolute atomic E-state index is 0.433. The molecule has 0 amide bonds. The first-order chi connectivity index (χ1) is 7.02. The van der Waals surface area contributed by atoms with E-state index in [0.717, 1.165) is 0 Å². The molecule has 1 rings (SSSR count). The molecule has 0 bridgehead atoms. The molecule has 0 unspecified atom stereocenters. The van der Waals surface area contributed by atoms with Crippen LogP contribution in [0.3, 0.4) is 0 Å². The minimum atomic E-state index is -3.78. The molecule has 0 saturated carbocycles. The highest BCUT2D eigenvalue weighted by Gasteiger charge is 2.24. The Morgan fingerprint density at radius 1 is 0.933 bits per heavy atom. The molecule has 0 atom stereocenters. The summed E-state index contributed by atoms with van der Waals surface area (Å²) in [5.41, 5.74) is -0.433. The largest absolute Gasteiger partial charge is 0.328 e. The molecule has 86 valence electrons. The summed E-state index contributed by atoms with van der Waals surface area (Å²) in [6.07, 6.45) is 1.11. The second kappa shape index (κ2) is 7.63. The van der Waals surface area contributed by atoms with Crippen LogP contribution in [0.15, 0.2) is 36.4 Å². The number of hydrogen-bond acceptors (Lipinski definition) is 1. The molecule has 2 N–H and O–H groups in total. The summed E-state index contributed by atoms with van der Waals surface area (Å²) in [4.78, 5) is 17.2. The van der Waals surface area contributed by atoms with Crippen LogP contribution in [-0.4, -0.2) is 15.4 Å². The van der Waals surface area contributed by atoms with Gasteiger partial charge in [-0.1, -0.05) is 50.2 Å². The second-order valence-electron chi connectivity index (χ2n) is 3.21. The second-order valence-corrected chi connectivity index (χ2v) is 5.12. The fourth-order valence-corrected chi connectivity index (χ4v) is 2.10. The first-order valence-corrected chi connectivity index (χ1v) is 6.75. The summed E-state index contributed by atoms with van der Waals surface area (Å²) >= 11 is 0. The average Bonchev–Trinajstić information content (AvgIpc) is 2.21. The van der Waals surface area contributed by atoms with Gasteiger partial charge >= 0.3 is 7.60 Å². The van der Waals surface area contributed by atoms with Crippen LogP contribution in [0.2, 0.25) is 0 Å². The van der Waals surface area contributed by atoms with E-state index in [-0.39, 0.29) is 0 Å². The average molecular weight is 230 g/mol. The van der Waals surface area contributed by atoms with Gasteiger partial charge < -0.3 is 9.79 Å². The highest BCUT2D eigenvalue weighted by Crippen LogP contribution is 2.44. The summed E-state index contributed by atoms with van der Waals surface area (Å²) in [7, 11) is -3.78. The lowest BCUT2D eigenvalue weighted by Crippen LogP contribution is -2.04. The van der Waals surface area contributed by atoms with Crippen molar-refractivity contribution in [2.45, 2.75) is 32.3 Å². The Bertz CT molecular complexity index is 250. The number of benzene rings is 1. The van der Waals surface area contributed by atoms with Gasteiger partial charge in [-0.2, -0.15) is 0 Å². The standard InChI is InChI=1S/C6H6.C5H13O3P/c1-2-4-6-5-3-1;1-3-5(4-2)9(6,7)8/h1-6H;5H,3-4H2,1-2H3,(H2,6,7,8). The topological polar surface area (TPSA) is 57.5 Å². The molecule has 0 heterocycles. The van der Waals surface area contributed by atoms with Gasteiger partial charge in [0, 0.05) is 0 Å². The van der Waals surface area contributed by atoms with Crippen LogP contribution in [-0.2, 0) is 4.57 Å². The lowest BCUT2D eigenvalue weighted by Gasteiger charge is -2.12. The maximum atomic E-state index is 10.5. The quantitative estimate of drug-likeness (QED) is 0.784. The molecular weight excluding hydrogens is 211 g/mol. The maximum Gasteiger partial charge on any atom is 0.328 e. The summed E-state index contributed by atoms with van der Waals surface area (Å²) in [6, 6.07) is 12.0. The third-order valence-electron chi connectivity index (χ3n) is 2.08. The molecule has 0 aliphatic heterocycles. The molecule has 0 saturated heterocycles. The number of rotatable bonds is 3. The van der Waals surface area contributed by atoms with E-state index in [0.29, 0.717) is 12.8 Å². The fourth-order valence-electron chi connectivity index (χ4n) is 1.15. The van der Waals surface area contributed by atoms with Crippen molar-refractivity contribution in [2.24, 2.45) is 0 Å². The highest BCUT2D eigenvalue weighted by atomic mass is 31.2. The maximum absolute atomic E-state index is 10.5. The first kappa shape index (κ1) is 14.4. The summed E-state index contributed by atoms with van der Waals surface area (Å²) < 4.78 is 10.5. The summed E-state index contributed by atoms with van der Waals surface area (Å²) in [5, 5.41) is 0. The van der Waals surface area contributed by atoms with Gasteiger partial charge in [-0.25, -0.2) is 0 Å². The van der Waals surface area contributed by atoms with Gasteiger partial charge in [0.2, 0.25) is 0 Å². The lowest BCUT2D eigenvalue weighted by molar-refractivity contribution is 0.354. The van der Waals surface area contributed by atoms with E-state index in [2.05, 4.69) is 0 Å². The van der Waals surface area contributed by atoms with Crippen LogP contribution in [0.25, 0.3) is 0 Å². The molecule has 0 radical (unpaired) electrons. The van der Waals surface area contributed by atoms with Crippen molar-refractivity contribution < 1.29 is 14.4 Å². The van der Waals surface area contributed by atoms with Crippen LogP contribution in [0.5, 0.6) is 0 Å². The zero-order valence-corrected chi connectivity index (χ0v) is 10.1. The Morgan fingerprint density at radius 2 is 1.20 bits per heavy atom. The zero-order chi connectivity index (χ0) is 11.7. The van der Waals surface area contributed by atoms with E-state index in [1.807, 2.05) is 36.4 Å². The highest BCUT2D eigenvalue weighted by molar-refractivity contribution is 7.52. The first-order valence-electron chi connectivity index (χ1n) is 5.07. The zero-order valence-electron chi connectivity index (χ0n) is 9.21. The third-order valence-corrected chi connectivity index (χ3v) is 3.77. The van der Waals surface area contributed by atoms with Gasteiger partial charge in [0.25, 0.3) is 0 Å². The Kier molecular flexibility index (Phi) is 7.31. The van der Waals surface area contributed by atoms with E-state index >= 15 is 0 Å². The molecule has 0 spiro atoms. The van der Waals surface area contributed by atoms with E-state index in [1.54, 1.807) is 13.8 Å². The van der Waals surface area contributed by atoms with Gasteiger partial charge in [0.1, 0.15) is 0 Å². The summed E-state index contributed by atoms with van der Waals surface area (Å²) in [6.45, 7) is 3.57. The van der Waals surface area contributed by atoms with E-state index in [9.17, 15) is 4.57 Å². The van der Waals surface area contributed by atoms with Crippen molar-refractivity contribution in [1.82, 2.24) is 0 Å². The van der Waals surface area contributed by atoms with Gasteiger partial charge in [-0.3, -0.25) is 4.57 Å². The van der Waals surface area contributed by atoms with Crippen molar-refractivity contribution in [3.8, 4) is 0 Å². The van der Waals surface area contributed by atoms with Gasteiger partial charge in [0.05, 0.1) is 5.66 Å². The van der Waals surface area contributed by atoms with E-state index in [4.69, 9.17) is 9.79 Å². The molecule has 4 heteroatoms. The van der Waals surface area contributed by atoms with Crippen LogP contribution in [0.1, 0.15) is 26.7 Å². The smallest absolute Gasteiger partial charge is 0.324 e. The van der Waals surface area contributed by atoms with E-state index < -0.39 is 13.3 Å². The Hall–Kier alpha value is -0.630. The van der Waals surface area contributed by atoms with Crippen molar-refractivity contribution in [3.63, 3.8) is 0 Å². The van der Waals surface area contributed by atoms with Crippen LogP contribution >= 0.6 is 7.60 Å². The van der Waals surface area contributed by atoms with Gasteiger partial charge in [-0.05, 0) is 12.8 Å². The fraction of sp³-hybridized carbons (Fsp3) is 0.455. The minimum Gasteiger partial charge on any atom is -0.324 e. The summed E-state index contributed by atoms with van der Waals surface area (Å²) in [5.74, 6) is 0. The molecule has 0 fully saturated rings. The molecule has 1 aromatic rings. The molecular formula is C11H19O3P. The van der Waals surface area contributed by atoms with Crippen LogP contribution < -0.4 is 0 Å². The van der Waals surface area contributed by atoms with Gasteiger partial charge in [0.15, 0.2) is 0 Å². The van der Waals surface area contributed by atoms with Crippen LogP contribution in [0.4, 0.5) is 0 Å². The van der Waals surface area contributed by atoms with E-state index in [1.165, 1.54) is 0 Å². The molecule has 0 aromatic heterocycles. The molecule has 15 heavy (non-hydrogen) atoms. The Balaban J connectivity index is 0.000000280. The predicted molar refractivity (Wildman–Crippen MR) is 62.9 cm³/mol. The van der Waals surface area contributed by atoms with Crippen LogP contribution in [0, 0.1) is 0 Å². The number of hydrogen-bond donors (Lipinski definition) is 2. The van der Waals surface area contributed by atoms with Crippen molar-refractivity contribution in [2.75, 3.05) is 0 Å². The lowest BCUT2D eigenvalue weighted by atomic mass is 10.3. The SMILES string of the molecule is CCC(CC)P(=O)(O)O.c1ccccc1. The van der Waals surface area contributed by atoms with Crippen molar-refractivity contribution in [3.05, 3.63) is 36.4 Å². The third kappa shape index (κ3) is 7.32. The van der Waals surface area contributed by atoms with Gasteiger partial charge in [-0.15, -0.1) is 0 Å². The predicted octanol–water partition coefficient (Wildman–Crippen LogP) is 3.04. The molecule has 1 aromatic carbocycles. The Morgan fingerprint density at radius 3 is 1.27 bits per heavy atom.